The van der Waals surface area contributed by atoms with Gasteiger partial charge in [-0.05, 0) is 55.3 Å². The van der Waals surface area contributed by atoms with Crippen LogP contribution in [-0.2, 0) is 14.3 Å². The van der Waals surface area contributed by atoms with Gasteiger partial charge < -0.3 is 19.5 Å². The molecule has 0 aliphatic rings. The van der Waals surface area contributed by atoms with Crippen molar-refractivity contribution in [2.45, 2.75) is 13.8 Å². The summed E-state index contributed by atoms with van der Waals surface area (Å²) in [6.45, 7) is 3.82. The monoisotopic (exact) mass is 403 g/mol. The maximum absolute atomic E-state index is 11.9. The Morgan fingerprint density at radius 1 is 1.21 bits per heavy atom. The molecule has 0 atom stereocenters. The summed E-state index contributed by atoms with van der Waals surface area (Å²) >= 11 is 6.17. The summed E-state index contributed by atoms with van der Waals surface area (Å²) in [4.78, 5) is 23.7. The fourth-order valence-electron chi connectivity index (χ4n) is 2.41. The molecule has 7 heteroatoms. The molecule has 0 saturated heterocycles. The van der Waals surface area contributed by atoms with E-state index in [9.17, 15) is 9.59 Å². The van der Waals surface area contributed by atoms with E-state index in [-0.39, 0.29) is 6.61 Å². The van der Waals surface area contributed by atoms with Crippen LogP contribution in [0.5, 0.6) is 11.5 Å². The Morgan fingerprint density at radius 3 is 2.68 bits per heavy atom. The summed E-state index contributed by atoms with van der Waals surface area (Å²) < 4.78 is 15.7. The Kier molecular flexibility index (Phi) is 7.89. The van der Waals surface area contributed by atoms with E-state index in [4.69, 9.17) is 25.8 Å². The van der Waals surface area contributed by atoms with Crippen molar-refractivity contribution >= 4 is 35.2 Å². The summed E-state index contributed by atoms with van der Waals surface area (Å²) in [5.41, 5.74) is 2.30. The number of esters is 1. The summed E-state index contributed by atoms with van der Waals surface area (Å²) in [7, 11) is 1.50. The highest BCUT2D eigenvalue weighted by atomic mass is 35.5. The largest absolute Gasteiger partial charge is 0.491 e. The number of carbonyl (C=O) groups is 2. The quantitative estimate of drug-likeness (QED) is 0.526. The van der Waals surface area contributed by atoms with Gasteiger partial charge in [0.05, 0.1) is 18.7 Å². The van der Waals surface area contributed by atoms with Gasteiger partial charge in [-0.15, -0.1) is 0 Å². The first-order chi connectivity index (χ1) is 13.4. The lowest BCUT2D eigenvalue weighted by atomic mass is 10.2. The normalized spacial score (nSPS) is 10.6. The molecule has 0 bridgehead atoms. The molecule has 0 fully saturated rings. The van der Waals surface area contributed by atoms with Crippen LogP contribution < -0.4 is 14.8 Å². The number of ether oxygens (including phenoxy) is 3. The molecule has 6 nitrogen and oxygen atoms in total. The van der Waals surface area contributed by atoms with Crippen molar-refractivity contribution in [3.8, 4) is 11.5 Å². The molecule has 2 rings (SSSR count). The van der Waals surface area contributed by atoms with Crippen LogP contribution in [-0.4, -0.2) is 32.2 Å². The minimum absolute atomic E-state index is 0.360. The van der Waals surface area contributed by atoms with E-state index < -0.39 is 11.9 Å². The van der Waals surface area contributed by atoms with Crippen molar-refractivity contribution < 1.29 is 23.8 Å². The zero-order valence-corrected chi connectivity index (χ0v) is 16.7. The Hall–Kier alpha value is -2.99. The molecule has 2 aromatic rings. The van der Waals surface area contributed by atoms with E-state index in [1.165, 1.54) is 19.3 Å². The molecule has 0 spiro atoms. The molecule has 28 heavy (non-hydrogen) atoms. The number of amides is 1. The van der Waals surface area contributed by atoms with E-state index in [0.717, 1.165) is 5.56 Å². The number of benzene rings is 2. The van der Waals surface area contributed by atoms with Gasteiger partial charge in [0.1, 0.15) is 0 Å². The van der Waals surface area contributed by atoms with Crippen molar-refractivity contribution in [2.75, 3.05) is 25.6 Å². The summed E-state index contributed by atoms with van der Waals surface area (Å²) in [6.07, 6.45) is 2.74. The lowest BCUT2D eigenvalue weighted by Gasteiger charge is -2.11. The molecule has 0 unspecified atom stereocenters. The van der Waals surface area contributed by atoms with Crippen molar-refractivity contribution in [2.24, 2.45) is 0 Å². The third-order valence-corrected chi connectivity index (χ3v) is 3.88. The van der Waals surface area contributed by atoms with Crippen LogP contribution in [0.3, 0.4) is 0 Å². The van der Waals surface area contributed by atoms with Gasteiger partial charge in [0.15, 0.2) is 18.1 Å². The smallest absolute Gasteiger partial charge is 0.331 e. The fourth-order valence-corrected chi connectivity index (χ4v) is 2.71. The first-order valence-corrected chi connectivity index (χ1v) is 9.02. The van der Waals surface area contributed by atoms with Gasteiger partial charge >= 0.3 is 5.97 Å². The molecule has 148 valence electrons. The molecular weight excluding hydrogens is 382 g/mol. The van der Waals surface area contributed by atoms with E-state index in [1.54, 1.807) is 18.2 Å². The van der Waals surface area contributed by atoms with E-state index in [1.807, 2.05) is 32.0 Å². The molecule has 2 aromatic carbocycles. The summed E-state index contributed by atoms with van der Waals surface area (Å²) in [5.74, 6) is -0.165. The van der Waals surface area contributed by atoms with E-state index in [2.05, 4.69) is 5.32 Å². The zero-order valence-electron chi connectivity index (χ0n) is 16.0. The van der Waals surface area contributed by atoms with Gasteiger partial charge in [0.2, 0.25) is 0 Å². The van der Waals surface area contributed by atoms with Gasteiger partial charge in [0, 0.05) is 11.8 Å². The molecule has 0 saturated carbocycles. The number of carbonyl (C=O) groups excluding carboxylic acids is 2. The molecule has 0 aliphatic carbocycles. The lowest BCUT2D eigenvalue weighted by Crippen LogP contribution is -2.20. The van der Waals surface area contributed by atoms with Gasteiger partial charge in [-0.25, -0.2) is 4.79 Å². The van der Waals surface area contributed by atoms with Gasteiger partial charge in [-0.1, -0.05) is 23.7 Å². The number of hydrogen-bond acceptors (Lipinski definition) is 5. The van der Waals surface area contributed by atoms with Crippen molar-refractivity contribution in [3.63, 3.8) is 0 Å². The number of anilines is 1. The molecule has 0 aromatic heterocycles. The van der Waals surface area contributed by atoms with Gasteiger partial charge in [-0.2, -0.15) is 0 Å². The first kappa shape index (κ1) is 21.3. The number of nitrogens with one attached hydrogen (secondary N) is 1. The Bertz CT molecular complexity index is 879. The number of hydrogen-bond donors (Lipinski definition) is 1. The highest BCUT2D eigenvalue weighted by Crippen LogP contribution is 2.36. The molecule has 0 radical (unpaired) electrons. The van der Waals surface area contributed by atoms with Crippen LogP contribution in [0.4, 0.5) is 5.69 Å². The van der Waals surface area contributed by atoms with E-state index >= 15 is 0 Å². The second-order valence-corrected chi connectivity index (χ2v) is 6.23. The highest BCUT2D eigenvalue weighted by molar-refractivity contribution is 6.32. The number of rotatable bonds is 8. The van der Waals surface area contributed by atoms with Crippen LogP contribution in [0.15, 0.2) is 42.5 Å². The maximum atomic E-state index is 11.9. The second-order valence-electron chi connectivity index (χ2n) is 5.83. The van der Waals surface area contributed by atoms with Crippen molar-refractivity contribution in [1.29, 1.82) is 0 Å². The van der Waals surface area contributed by atoms with Gasteiger partial charge in [-0.3, -0.25) is 4.79 Å². The lowest BCUT2D eigenvalue weighted by molar-refractivity contribution is -0.142. The topological polar surface area (TPSA) is 73.9 Å². The standard InChI is InChI=1S/C21H22ClNO5/c1-4-27-18-12-15(11-17(22)21(18)26-3)8-9-20(25)28-13-19(24)23-16-7-5-6-14(2)10-16/h5-12H,4,13H2,1-3H3,(H,23,24)/b9-8+. The average molecular weight is 404 g/mol. The van der Waals surface area contributed by atoms with Crippen LogP contribution >= 0.6 is 11.6 Å². The molecule has 1 amide bonds. The minimum atomic E-state index is -0.649. The molecule has 1 N–H and O–H groups in total. The molecular formula is C21H22ClNO5. The van der Waals surface area contributed by atoms with Crippen LogP contribution in [0.2, 0.25) is 5.02 Å². The summed E-state index contributed by atoms with van der Waals surface area (Å²) in [6, 6.07) is 10.7. The van der Waals surface area contributed by atoms with Crippen LogP contribution in [0.25, 0.3) is 6.08 Å². The highest BCUT2D eigenvalue weighted by Gasteiger charge is 2.11. The van der Waals surface area contributed by atoms with Crippen LogP contribution in [0, 0.1) is 6.92 Å². The summed E-state index contributed by atoms with van der Waals surface area (Å²) in [5, 5.41) is 3.03. The molecule has 0 aliphatic heterocycles. The first-order valence-electron chi connectivity index (χ1n) is 8.64. The average Bonchev–Trinajstić information content (AvgIpc) is 2.65. The van der Waals surface area contributed by atoms with Crippen LogP contribution in [0.1, 0.15) is 18.1 Å². The zero-order chi connectivity index (χ0) is 20.5. The van der Waals surface area contributed by atoms with Gasteiger partial charge in [0.25, 0.3) is 5.91 Å². The minimum Gasteiger partial charge on any atom is -0.491 e. The number of aryl methyl sites for hydroxylation is 1. The third-order valence-electron chi connectivity index (χ3n) is 3.60. The van der Waals surface area contributed by atoms with Crippen molar-refractivity contribution in [1.82, 2.24) is 0 Å². The predicted octanol–water partition coefficient (Wildman–Crippen LogP) is 4.25. The Balaban J connectivity index is 1.93. The maximum Gasteiger partial charge on any atom is 0.331 e. The Labute approximate surface area is 169 Å². The van der Waals surface area contributed by atoms with E-state index in [0.29, 0.717) is 34.4 Å². The SMILES string of the molecule is CCOc1cc(/C=C/C(=O)OCC(=O)Nc2cccc(C)c2)cc(Cl)c1OC. The second kappa shape index (κ2) is 10.4. The fraction of sp³-hybridized carbons (Fsp3) is 0.238. The number of methoxy groups -OCH3 is 1. The number of halogens is 1. The third kappa shape index (κ3) is 6.32. The molecule has 0 heterocycles. The predicted molar refractivity (Wildman–Crippen MR) is 109 cm³/mol. The van der Waals surface area contributed by atoms with Crippen molar-refractivity contribution in [3.05, 3.63) is 58.6 Å². The Morgan fingerprint density at radius 2 is 2.00 bits per heavy atom.